The second-order valence-corrected chi connectivity index (χ2v) is 13.6. The summed E-state index contributed by atoms with van der Waals surface area (Å²) in [6, 6.07) is 2.47. The van der Waals surface area contributed by atoms with Crippen LogP contribution in [-0.4, -0.2) is 80.8 Å². The van der Waals surface area contributed by atoms with Gasteiger partial charge in [-0.05, 0) is 101 Å². The molecule has 0 spiro atoms. The molecule has 2 N–H and O–H groups in total. The van der Waals surface area contributed by atoms with Crippen LogP contribution in [0.25, 0.3) is 0 Å². The molecule has 43 heavy (non-hydrogen) atoms. The van der Waals surface area contributed by atoms with Crippen LogP contribution >= 0.6 is 0 Å². The average molecular weight is 649 g/mol. The van der Waals surface area contributed by atoms with Crippen molar-refractivity contribution in [2.45, 2.75) is 92.9 Å². The Kier molecular flexibility index (Phi) is 13.9. The molecule has 4 atom stereocenters. The molecule has 1 aromatic rings. The molecule has 2 fully saturated rings. The molecule has 2 saturated carbocycles. The van der Waals surface area contributed by atoms with E-state index in [9.17, 15) is 26.2 Å². The molecule has 4 rings (SSSR count). The third kappa shape index (κ3) is 10.1. The molecule has 0 heterocycles. The van der Waals surface area contributed by atoms with Crippen LogP contribution in [0.5, 0.6) is 11.5 Å². The van der Waals surface area contributed by atoms with Gasteiger partial charge in [-0.15, -0.1) is 0 Å². The maximum atomic E-state index is 12.4. The van der Waals surface area contributed by atoms with Crippen molar-refractivity contribution in [2.24, 2.45) is 17.3 Å². The fourth-order valence-corrected chi connectivity index (χ4v) is 7.82. The molecule has 3 aliphatic carbocycles. The highest BCUT2D eigenvalue weighted by Gasteiger charge is 2.55. The summed E-state index contributed by atoms with van der Waals surface area (Å²) in [5.41, 5.74) is 0.860. The lowest BCUT2D eigenvalue weighted by Gasteiger charge is -2.48. The Morgan fingerprint density at radius 1 is 0.791 bits per heavy atom. The van der Waals surface area contributed by atoms with Gasteiger partial charge in [-0.2, -0.15) is 16.8 Å². The number of hydrogen-bond donors (Lipinski definition) is 2. The van der Waals surface area contributed by atoms with Crippen LogP contribution in [0.1, 0.15) is 97.6 Å². The van der Waals surface area contributed by atoms with E-state index in [1.807, 2.05) is 6.92 Å². The standard InChI is InChI=1S/C18H22O9S2.2C6H15N/c1-18-7-6-13-12(14(18)4-5-16(18)19)3-2-10-8-11(26-28(20,21)22)9-15(17(10)13)27-29(23,24)25;2*1-4-7(5-2)6-3/h8-9,12-14H,2-7H2,1H3,(H,20,21,22)(H,23,24,25);2*4-6H2,1-3H3/t12-,13+,14+,18+;;/m1../s1. The first kappa shape index (κ1) is 37.4. The normalized spacial score (nSPS) is 24.6. The second-order valence-electron chi connectivity index (χ2n) is 11.6. The summed E-state index contributed by atoms with van der Waals surface area (Å²) in [4.78, 5) is 17.2. The fourth-order valence-electron chi connectivity index (χ4n) is 7.12. The van der Waals surface area contributed by atoms with Gasteiger partial charge in [0.25, 0.3) is 0 Å². The third-order valence-electron chi connectivity index (χ3n) is 9.55. The van der Waals surface area contributed by atoms with Crippen molar-refractivity contribution < 1.29 is 39.1 Å². The quantitative estimate of drug-likeness (QED) is 0.323. The highest BCUT2D eigenvalue weighted by molar-refractivity contribution is 7.81. The summed E-state index contributed by atoms with van der Waals surface area (Å²) in [5, 5.41) is 0. The number of fused-ring (bicyclic) bond motifs is 5. The minimum absolute atomic E-state index is 0.0840. The molecule has 248 valence electrons. The molecule has 1 aromatic carbocycles. The van der Waals surface area contributed by atoms with E-state index in [4.69, 9.17) is 8.74 Å². The van der Waals surface area contributed by atoms with Crippen LogP contribution in [0, 0.1) is 17.3 Å². The van der Waals surface area contributed by atoms with Gasteiger partial charge in [0.1, 0.15) is 11.5 Å². The van der Waals surface area contributed by atoms with Crippen LogP contribution < -0.4 is 8.37 Å². The van der Waals surface area contributed by atoms with E-state index in [1.165, 1.54) is 45.3 Å². The van der Waals surface area contributed by atoms with Crippen LogP contribution in [-0.2, 0) is 32.0 Å². The molecule has 0 aromatic heterocycles. The van der Waals surface area contributed by atoms with Crippen LogP contribution in [0.15, 0.2) is 12.1 Å². The lowest BCUT2D eigenvalue weighted by Crippen LogP contribution is -2.42. The number of benzene rings is 1. The SMILES string of the molecule is CCN(CC)CC.CCN(CC)CC.C[C@]12CC[C@@H]3c4c(cc(OS(=O)(=O)O)cc4OS(=O)(=O)O)CC[C@H]3[C@@H]1CCC2=O. The van der Waals surface area contributed by atoms with Crippen LogP contribution in [0.2, 0.25) is 0 Å². The van der Waals surface area contributed by atoms with Gasteiger partial charge in [-0.3, -0.25) is 13.9 Å². The molecule has 3 aliphatic rings. The van der Waals surface area contributed by atoms with Crippen molar-refractivity contribution in [3.05, 3.63) is 23.3 Å². The summed E-state index contributed by atoms with van der Waals surface area (Å²) < 4.78 is 72.4. The number of rotatable bonds is 10. The van der Waals surface area contributed by atoms with E-state index in [2.05, 4.69) is 55.5 Å². The smallest absolute Gasteiger partial charge is 0.362 e. The monoisotopic (exact) mass is 648 g/mol. The Balaban J connectivity index is 0.000000384. The van der Waals surface area contributed by atoms with Gasteiger partial charge in [0.15, 0.2) is 5.75 Å². The molecule has 0 saturated heterocycles. The summed E-state index contributed by atoms with van der Waals surface area (Å²) in [7, 11) is -9.69. The number of hydrogen-bond acceptors (Lipinski definition) is 9. The first-order valence-corrected chi connectivity index (χ1v) is 18.3. The largest absolute Gasteiger partial charge is 0.446 e. The summed E-state index contributed by atoms with van der Waals surface area (Å²) in [6.07, 6.45) is 3.92. The number of Topliss-reactive ketones (excluding diaryl/α,β-unsaturated/α-hetero) is 1. The summed E-state index contributed by atoms with van der Waals surface area (Å²) in [6.45, 7) is 22.3. The van der Waals surface area contributed by atoms with Crippen molar-refractivity contribution >= 4 is 26.6 Å². The molecule has 0 amide bonds. The number of aryl methyl sites for hydroxylation is 1. The van der Waals surface area contributed by atoms with Crippen LogP contribution in [0.4, 0.5) is 0 Å². The topological polar surface area (TPSA) is 151 Å². The lowest BCUT2D eigenvalue weighted by molar-refractivity contribution is -0.129. The maximum absolute atomic E-state index is 12.4. The zero-order chi connectivity index (χ0) is 32.6. The number of carbonyl (C=O) groups excluding carboxylic acids is 1. The molecular weight excluding hydrogens is 596 g/mol. The predicted octanol–water partition coefficient (Wildman–Crippen LogP) is 5.17. The molecule has 0 bridgehead atoms. The summed E-state index contributed by atoms with van der Waals surface area (Å²) in [5.74, 6) is 0.0163. The van der Waals surface area contributed by atoms with Gasteiger partial charge in [-0.1, -0.05) is 48.5 Å². The minimum Gasteiger partial charge on any atom is -0.362 e. The van der Waals surface area contributed by atoms with Gasteiger partial charge in [0, 0.05) is 23.5 Å². The molecule has 13 heteroatoms. The highest BCUT2D eigenvalue weighted by Crippen LogP contribution is 2.61. The van der Waals surface area contributed by atoms with E-state index in [0.29, 0.717) is 36.8 Å². The maximum Gasteiger partial charge on any atom is 0.446 e. The number of nitrogens with zero attached hydrogens (tertiary/aromatic N) is 2. The lowest BCUT2D eigenvalue weighted by atomic mass is 9.55. The molecular formula is C30H52N2O9S2. The Hall–Kier alpha value is -1.77. The number of ketones is 1. The van der Waals surface area contributed by atoms with E-state index >= 15 is 0 Å². The van der Waals surface area contributed by atoms with Gasteiger partial charge in [-0.25, -0.2) is 0 Å². The predicted molar refractivity (Wildman–Crippen MR) is 167 cm³/mol. The first-order valence-electron chi connectivity index (χ1n) is 15.6. The van der Waals surface area contributed by atoms with Gasteiger partial charge >= 0.3 is 20.8 Å². The van der Waals surface area contributed by atoms with E-state index in [1.54, 1.807) is 0 Å². The van der Waals surface area contributed by atoms with Crippen molar-refractivity contribution in [2.75, 3.05) is 39.3 Å². The molecule has 0 radical (unpaired) electrons. The molecule has 0 aliphatic heterocycles. The Bertz CT molecular complexity index is 1260. The fraction of sp³-hybridized carbons (Fsp3) is 0.767. The average Bonchev–Trinajstić information content (AvgIpc) is 3.23. The third-order valence-corrected chi connectivity index (χ3v) is 10.3. The Morgan fingerprint density at radius 3 is 1.74 bits per heavy atom. The van der Waals surface area contributed by atoms with Crippen molar-refractivity contribution in [3.63, 3.8) is 0 Å². The zero-order valence-corrected chi connectivity index (χ0v) is 28.5. The van der Waals surface area contributed by atoms with Gasteiger partial charge < -0.3 is 18.2 Å². The highest BCUT2D eigenvalue weighted by atomic mass is 32.3. The number of carbonyl (C=O) groups is 1. The van der Waals surface area contributed by atoms with Crippen molar-refractivity contribution in [1.82, 2.24) is 9.80 Å². The first-order chi connectivity index (χ1) is 20.1. The van der Waals surface area contributed by atoms with Gasteiger partial charge in [0.2, 0.25) is 0 Å². The van der Waals surface area contributed by atoms with Gasteiger partial charge in [0.05, 0.1) is 0 Å². The minimum atomic E-state index is -4.87. The summed E-state index contributed by atoms with van der Waals surface area (Å²) >= 11 is 0. The van der Waals surface area contributed by atoms with Crippen LogP contribution in [0.3, 0.4) is 0 Å². The second kappa shape index (κ2) is 16.0. The van der Waals surface area contributed by atoms with Crippen molar-refractivity contribution in [1.29, 1.82) is 0 Å². The molecule has 0 unspecified atom stereocenters. The Morgan fingerprint density at radius 2 is 1.30 bits per heavy atom. The van der Waals surface area contributed by atoms with E-state index < -0.39 is 20.8 Å². The van der Waals surface area contributed by atoms with E-state index in [0.717, 1.165) is 18.9 Å². The zero-order valence-electron chi connectivity index (χ0n) is 26.8. The van der Waals surface area contributed by atoms with E-state index in [-0.39, 0.29) is 40.5 Å². The molecule has 11 nitrogen and oxygen atoms in total. The Labute approximate surface area is 259 Å². The van der Waals surface area contributed by atoms with Crippen molar-refractivity contribution in [3.8, 4) is 11.5 Å².